The minimum atomic E-state index is -5.17. The molecule has 4 nitrogen and oxygen atoms in total. The lowest BCUT2D eigenvalue weighted by atomic mass is 9.49. The van der Waals surface area contributed by atoms with Crippen LogP contribution in [-0.4, -0.2) is 31.8 Å². The molecule has 0 spiro atoms. The van der Waals surface area contributed by atoms with Crippen molar-refractivity contribution in [3.8, 4) is 0 Å². The Kier molecular flexibility index (Phi) is 5.71. The number of carbonyl (C=O) groups is 1. The number of rotatable bonds is 7. The summed E-state index contributed by atoms with van der Waals surface area (Å²) >= 11 is 0. The van der Waals surface area contributed by atoms with Crippen LogP contribution in [0.25, 0.3) is 0 Å². The van der Waals surface area contributed by atoms with Gasteiger partial charge >= 0.3 is 11.5 Å². The van der Waals surface area contributed by atoms with Crippen LogP contribution in [0.15, 0.2) is 0 Å². The van der Waals surface area contributed by atoms with Crippen molar-refractivity contribution in [3.05, 3.63) is 0 Å². The van der Waals surface area contributed by atoms with Crippen molar-refractivity contribution in [2.75, 3.05) is 6.61 Å². The van der Waals surface area contributed by atoms with Gasteiger partial charge in [0.25, 0.3) is 9.84 Å². The Morgan fingerprint density at radius 1 is 0.966 bits per heavy atom. The molecule has 2 atom stereocenters. The standard InChI is InChI=1S/C21H31F3O4S/c22-21(23,24)29(26,27)18-6-3-5-17(18)4-1-2-7-28-19(25)20-11-14-8-15(12-20)10-16(9-14)13-20/h14-18H,1-13H2. The van der Waals surface area contributed by atoms with Gasteiger partial charge in [0.2, 0.25) is 0 Å². The number of sulfone groups is 1. The highest BCUT2D eigenvalue weighted by Crippen LogP contribution is 2.60. The van der Waals surface area contributed by atoms with Crippen LogP contribution in [-0.2, 0) is 19.4 Å². The van der Waals surface area contributed by atoms with Crippen molar-refractivity contribution in [1.82, 2.24) is 0 Å². The fourth-order valence-corrected chi connectivity index (χ4v) is 8.70. The van der Waals surface area contributed by atoms with Gasteiger partial charge in [0, 0.05) is 0 Å². The highest BCUT2D eigenvalue weighted by molar-refractivity contribution is 7.92. The number of carbonyl (C=O) groups excluding carboxylic acids is 1. The Morgan fingerprint density at radius 2 is 1.55 bits per heavy atom. The first-order valence-corrected chi connectivity index (χ1v) is 12.6. The van der Waals surface area contributed by atoms with Crippen LogP contribution in [0.2, 0.25) is 0 Å². The zero-order valence-electron chi connectivity index (χ0n) is 16.8. The van der Waals surface area contributed by atoms with Crippen LogP contribution in [0, 0.1) is 29.1 Å². The molecule has 0 aliphatic heterocycles. The molecule has 8 heteroatoms. The molecule has 5 fully saturated rings. The highest BCUT2D eigenvalue weighted by atomic mass is 32.2. The average Bonchev–Trinajstić information content (AvgIpc) is 3.08. The topological polar surface area (TPSA) is 60.4 Å². The smallest absolute Gasteiger partial charge is 0.465 e. The molecule has 0 N–H and O–H groups in total. The van der Waals surface area contributed by atoms with Gasteiger partial charge in [-0.05, 0) is 94.3 Å². The lowest BCUT2D eigenvalue weighted by Gasteiger charge is -2.55. The zero-order chi connectivity index (χ0) is 20.9. The molecule has 4 bridgehead atoms. The third-order valence-electron chi connectivity index (χ3n) is 7.98. The average molecular weight is 437 g/mol. The van der Waals surface area contributed by atoms with E-state index in [1.165, 1.54) is 19.3 Å². The minimum absolute atomic E-state index is 0.0741. The van der Waals surface area contributed by atoms with Crippen LogP contribution in [0.4, 0.5) is 13.2 Å². The predicted molar refractivity (Wildman–Crippen MR) is 102 cm³/mol. The van der Waals surface area contributed by atoms with Gasteiger partial charge in [0.15, 0.2) is 0 Å². The van der Waals surface area contributed by atoms with E-state index in [-0.39, 0.29) is 24.4 Å². The molecule has 5 saturated carbocycles. The quantitative estimate of drug-likeness (QED) is 0.415. The Hall–Kier alpha value is -0.790. The Bertz CT molecular complexity index is 695. The van der Waals surface area contributed by atoms with Crippen molar-refractivity contribution < 1.29 is 31.1 Å². The first-order chi connectivity index (χ1) is 13.6. The Morgan fingerprint density at radius 3 is 2.10 bits per heavy atom. The second-order valence-corrected chi connectivity index (χ2v) is 12.2. The summed E-state index contributed by atoms with van der Waals surface area (Å²) in [5.41, 5.74) is -5.46. The predicted octanol–water partition coefficient (Wildman–Crippen LogP) is 5.02. The Balaban J connectivity index is 1.22. The second kappa shape index (κ2) is 7.72. The molecule has 0 saturated heterocycles. The van der Waals surface area contributed by atoms with Gasteiger partial charge in [-0.25, -0.2) is 8.42 Å². The monoisotopic (exact) mass is 436 g/mol. The van der Waals surface area contributed by atoms with Crippen molar-refractivity contribution in [2.24, 2.45) is 29.1 Å². The summed E-state index contributed by atoms with van der Waals surface area (Å²) in [7, 11) is -5.09. The molecular formula is C21H31F3O4S. The van der Waals surface area contributed by atoms with Crippen LogP contribution < -0.4 is 0 Å². The largest absolute Gasteiger partial charge is 0.497 e. The first kappa shape index (κ1) is 21.4. The molecule has 5 aliphatic carbocycles. The minimum Gasteiger partial charge on any atom is -0.465 e. The van der Waals surface area contributed by atoms with Crippen LogP contribution in [0.3, 0.4) is 0 Å². The van der Waals surface area contributed by atoms with Gasteiger partial charge in [0.1, 0.15) is 0 Å². The number of ether oxygens (including phenoxy) is 1. The van der Waals surface area contributed by atoms with Gasteiger partial charge in [-0.15, -0.1) is 0 Å². The maximum Gasteiger partial charge on any atom is 0.497 e. The number of hydrogen-bond acceptors (Lipinski definition) is 4. The summed E-state index contributed by atoms with van der Waals surface area (Å²) in [6, 6.07) is 0. The van der Waals surface area contributed by atoms with E-state index in [4.69, 9.17) is 4.74 Å². The van der Waals surface area contributed by atoms with Crippen molar-refractivity contribution in [2.45, 2.75) is 87.8 Å². The molecule has 0 aromatic rings. The van der Waals surface area contributed by atoms with Crippen molar-refractivity contribution >= 4 is 15.8 Å². The van der Waals surface area contributed by atoms with Gasteiger partial charge in [-0.2, -0.15) is 13.2 Å². The summed E-state index contributed by atoms with van der Waals surface area (Å²) in [6.07, 6.45) is 9.38. The molecule has 0 aromatic heterocycles. The van der Waals surface area contributed by atoms with E-state index in [0.29, 0.717) is 49.9 Å². The van der Waals surface area contributed by atoms with Crippen molar-refractivity contribution in [3.63, 3.8) is 0 Å². The third kappa shape index (κ3) is 4.07. The summed E-state index contributed by atoms with van der Waals surface area (Å²) in [5, 5.41) is -1.31. The fourth-order valence-electron chi connectivity index (χ4n) is 7.10. The third-order valence-corrected chi connectivity index (χ3v) is 10.0. The van der Waals surface area contributed by atoms with E-state index in [1.807, 2.05) is 0 Å². The molecule has 29 heavy (non-hydrogen) atoms. The molecule has 5 rings (SSSR count). The number of unbranched alkanes of at least 4 members (excludes halogenated alkanes) is 1. The number of esters is 1. The van der Waals surface area contributed by atoms with E-state index < -0.39 is 26.5 Å². The van der Waals surface area contributed by atoms with E-state index in [0.717, 1.165) is 19.3 Å². The van der Waals surface area contributed by atoms with E-state index in [1.54, 1.807) is 0 Å². The van der Waals surface area contributed by atoms with Crippen molar-refractivity contribution in [1.29, 1.82) is 0 Å². The van der Waals surface area contributed by atoms with Gasteiger partial charge in [0.05, 0.1) is 17.3 Å². The molecule has 0 amide bonds. The number of hydrogen-bond donors (Lipinski definition) is 0. The maximum atomic E-state index is 12.9. The lowest BCUT2D eigenvalue weighted by Crippen LogP contribution is -2.50. The van der Waals surface area contributed by atoms with E-state index >= 15 is 0 Å². The fraction of sp³-hybridized carbons (Fsp3) is 0.952. The molecule has 166 valence electrons. The summed E-state index contributed by atoms with van der Waals surface area (Å²) < 4.78 is 67.7. The summed E-state index contributed by atoms with van der Waals surface area (Å²) in [4.78, 5) is 12.8. The van der Waals surface area contributed by atoms with Gasteiger partial charge in [-0.3, -0.25) is 4.79 Å². The lowest BCUT2D eigenvalue weighted by molar-refractivity contribution is -0.171. The molecule has 0 aromatic carbocycles. The zero-order valence-corrected chi connectivity index (χ0v) is 17.6. The van der Waals surface area contributed by atoms with Crippen LogP contribution in [0.5, 0.6) is 0 Å². The van der Waals surface area contributed by atoms with Crippen LogP contribution in [0.1, 0.15) is 77.0 Å². The van der Waals surface area contributed by atoms with Gasteiger partial charge in [-0.1, -0.05) is 6.42 Å². The second-order valence-electron chi connectivity index (χ2n) is 10.0. The molecular weight excluding hydrogens is 405 g/mol. The Labute approximate surface area is 170 Å². The molecule has 0 heterocycles. The molecule has 2 unspecified atom stereocenters. The maximum absolute atomic E-state index is 12.9. The molecule has 5 aliphatic rings. The van der Waals surface area contributed by atoms with E-state index in [9.17, 15) is 26.4 Å². The first-order valence-electron chi connectivity index (χ1n) is 11.1. The summed E-state index contributed by atoms with van der Waals surface area (Å²) in [5.74, 6) is 1.49. The highest BCUT2D eigenvalue weighted by Gasteiger charge is 2.56. The van der Waals surface area contributed by atoms with Crippen LogP contribution >= 0.6 is 0 Å². The summed E-state index contributed by atoms with van der Waals surface area (Å²) in [6.45, 7) is 0.282. The SMILES string of the molecule is O=C(OCCCCC1CCCC1S(=O)(=O)C(F)(F)F)C12CC3CC(CC(C3)C1)C2. The molecule has 0 radical (unpaired) electrons. The normalized spacial score (nSPS) is 39.1. The number of halogens is 3. The number of alkyl halides is 3. The van der Waals surface area contributed by atoms with E-state index in [2.05, 4.69) is 0 Å². The van der Waals surface area contributed by atoms with Gasteiger partial charge < -0.3 is 4.74 Å².